The van der Waals surface area contributed by atoms with E-state index < -0.39 is 0 Å². The van der Waals surface area contributed by atoms with Crippen molar-refractivity contribution in [2.24, 2.45) is 0 Å². The molecule has 0 aliphatic heterocycles. The Morgan fingerprint density at radius 3 is 2.46 bits per heavy atom. The number of pyridine rings is 2. The van der Waals surface area contributed by atoms with E-state index in [-0.39, 0.29) is 24.1 Å². The van der Waals surface area contributed by atoms with E-state index in [0.29, 0.717) is 17.7 Å². The van der Waals surface area contributed by atoms with Gasteiger partial charge in [-0.25, -0.2) is 0 Å². The second kappa shape index (κ2) is 9.88. The lowest BCUT2D eigenvalue weighted by Gasteiger charge is -2.14. The van der Waals surface area contributed by atoms with E-state index in [0.717, 1.165) is 44.5 Å². The molecular formula is C28H33N5O2. The third-order valence-corrected chi connectivity index (χ3v) is 6.36. The van der Waals surface area contributed by atoms with Crippen LogP contribution in [0.1, 0.15) is 58.3 Å². The molecule has 7 heteroatoms. The summed E-state index contributed by atoms with van der Waals surface area (Å²) < 4.78 is 2.20. The van der Waals surface area contributed by atoms with Crippen molar-refractivity contribution < 1.29 is 4.79 Å². The molecule has 0 aliphatic rings. The molecule has 0 saturated carbocycles. The average Bonchev–Trinajstić information content (AvgIpc) is 3.15. The average molecular weight is 472 g/mol. The molecule has 0 atom stereocenters. The Morgan fingerprint density at radius 2 is 1.83 bits per heavy atom. The summed E-state index contributed by atoms with van der Waals surface area (Å²) in [6.45, 7) is 10.9. The molecule has 3 heterocycles. The van der Waals surface area contributed by atoms with E-state index in [1.807, 2.05) is 58.3 Å². The Bertz CT molecular complexity index is 1450. The SMILES string of the molecule is CNCc1ccc(-c2cc(C(=O)NCc3c(C)cc(C)[nH]c3=O)c3c(C)cn(C(C)C)c3c2)cn1. The van der Waals surface area contributed by atoms with Gasteiger partial charge in [-0.3, -0.25) is 14.6 Å². The lowest BCUT2D eigenvalue weighted by molar-refractivity contribution is 0.0952. The molecule has 4 aromatic rings. The van der Waals surface area contributed by atoms with Crippen molar-refractivity contribution >= 4 is 16.8 Å². The summed E-state index contributed by atoms with van der Waals surface area (Å²) in [4.78, 5) is 33.3. The molecule has 0 unspecified atom stereocenters. The van der Waals surface area contributed by atoms with Crippen LogP contribution in [-0.4, -0.2) is 27.5 Å². The molecule has 7 nitrogen and oxygen atoms in total. The number of hydrogen-bond donors (Lipinski definition) is 3. The van der Waals surface area contributed by atoms with E-state index in [1.54, 1.807) is 0 Å². The number of nitrogens with one attached hydrogen (secondary N) is 3. The van der Waals surface area contributed by atoms with Gasteiger partial charge in [0.15, 0.2) is 0 Å². The van der Waals surface area contributed by atoms with Gasteiger partial charge in [-0.1, -0.05) is 6.07 Å². The van der Waals surface area contributed by atoms with Crippen LogP contribution in [0, 0.1) is 20.8 Å². The Labute approximate surface area is 205 Å². The molecule has 3 N–H and O–H groups in total. The topological polar surface area (TPSA) is 91.8 Å². The van der Waals surface area contributed by atoms with Crippen LogP contribution >= 0.6 is 0 Å². The summed E-state index contributed by atoms with van der Waals surface area (Å²) in [6, 6.07) is 10.2. The molecule has 0 bridgehead atoms. The second-order valence-corrected chi connectivity index (χ2v) is 9.43. The number of hydrogen-bond acceptors (Lipinski definition) is 4. The molecular weight excluding hydrogens is 438 g/mol. The number of nitrogens with zero attached hydrogens (tertiary/aromatic N) is 2. The van der Waals surface area contributed by atoms with Gasteiger partial charge in [-0.2, -0.15) is 0 Å². The highest BCUT2D eigenvalue weighted by Gasteiger charge is 2.19. The van der Waals surface area contributed by atoms with Crippen LogP contribution in [0.5, 0.6) is 0 Å². The third-order valence-electron chi connectivity index (χ3n) is 6.36. The summed E-state index contributed by atoms with van der Waals surface area (Å²) in [5.74, 6) is -0.208. The van der Waals surface area contributed by atoms with Crippen molar-refractivity contribution in [1.29, 1.82) is 0 Å². The van der Waals surface area contributed by atoms with Gasteiger partial charge in [0, 0.05) is 64.8 Å². The first-order chi connectivity index (χ1) is 16.7. The van der Waals surface area contributed by atoms with Gasteiger partial charge in [-0.15, -0.1) is 0 Å². The number of aryl methyl sites for hydroxylation is 3. The van der Waals surface area contributed by atoms with Crippen LogP contribution in [0.15, 0.2) is 47.5 Å². The van der Waals surface area contributed by atoms with Crippen LogP contribution in [0.2, 0.25) is 0 Å². The van der Waals surface area contributed by atoms with Crippen LogP contribution in [0.25, 0.3) is 22.0 Å². The fourth-order valence-electron chi connectivity index (χ4n) is 4.61. The van der Waals surface area contributed by atoms with Crippen molar-refractivity contribution in [3.05, 3.63) is 86.7 Å². The summed E-state index contributed by atoms with van der Waals surface area (Å²) >= 11 is 0. The van der Waals surface area contributed by atoms with Gasteiger partial charge in [0.1, 0.15) is 0 Å². The molecule has 0 spiro atoms. The number of benzene rings is 1. The van der Waals surface area contributed by atoms with Gasteiger partial charge < -0.3 is 20.2 Å². The Hall–Kier alpha value is -3.71. The van der Waals surface area contributed by atoms with Gasteiger partial charge in [-0.05, 0) is 82.6 Å². The van der Waals surface area contributed by atoms with E-state index in [9.17, 15) is 9.59 Å². The van der Waals surface area contributed by atoms with E-state index in [4.69, 9.17) is 0 Å². The summed E-state index contributed by atoms with van der Waals surface area (Å²) in [6.07, 6.45) is 3.94. The number of amides is 1. The van der Waals surface area contributed by atoms with Gasteiger partial charge in [0.2, 0.25) is 0 Å². The van der Waals surface area contributed by atoms with E-state index in [1.165, 1.54) is 0 Å². The first kappa shape index (κ1) is 24.4. The minimum absolute atomic E-state index is 0.163. The monoisotopic (exact) mass is 471 g/mol. The van der Waals surface area contributed by atoms with Gasteiger partial charge in [0.05, 0.1) is 5.69 Å². The number of H-pyrrole nitrogens is 1. The highest BCUT2D eigenvalue weighted by molar-refractivity contribution is 6.09. The lowest BCUT2D eigenvalue weighted by atomic mass is 9.98. The summed E-state index contributed by atoms with van der Waals surface area (Å²) in [7, 11) is 1.89. The van der Waals surface area contributed by atoms with E-state index in [2.05, 4.69) is 51.3 Å². The highest BCUT2D eigenvalue weighted by Crippen LogP contribution is 2.33. The molecule has 0 fully saturated rings. The number of rotatable bonds is 7. The minimum Gasteiger partial charge on any atom is -0.348 e. The number of carbonyl (C=O) groups is 1. The van der Waals surface area contributed by atoms with Crippen LogP contribution in [-0.2, 0) is 13.1 Å². The highest BCUT2D eigenvalue weighted by atomic mass is 16.1. The number of aromatic amines is 1. The normalized spacial score (nSPS) is 11.4. The summed E-state index contributed by atoms with van der Waals surface area (Å²) in [5.41, 5.74) is 7.52. The molecule has 182 valence electrons. The Balaban J connectivity index is 1.78. The van der Waals surface area contributed by atoms with Crippen molar-refractivity contribution in [3.63, 3.8) is 0 Å². The van der Waals surface area contributed by atoms with Gasteiger partial charge in [0.25, 0.3) is 11.5 Å². The van der Waals surface area contributed by atoms with Crippen LogP contribution in [0.4, 0.5) is 0 Å². The molecule has 1 aromatic carbocycles. The first-order valence-corrected chi connectivity index (χ1v) is 11.9. The maximum absolute atomic E-state index is 13.5. The van der Waals surface area contributed by atoms with Crippen molar-refractivity contribution in [1.82, 2.24) is 25.2 Å². The molecule has 4 rings (SSSR count). The number of fused-ring (bicyclic) bond motifs is 1. The molecule has 0 radical (unpaired) electrons. The fourth-order valence-corrected chi connectivity index (χ4v) is 4.61. The maximum atomic E-state index is 13.5. The van der Waals surface area contributed by atoms with Crippen molar-refractivity contribution in [3.8, 4) is 11.1 Å². The summed E-state index contributed by atoms with van der Waals surface area (Å²) in [5, 5.41) is 7.02. The zero-order valence-corrected chi connectivity index (χ0v) is 21.2. The predicted octanol–water partition coefficient (Wildman–Crippen LogP) is 4.55. The number of aromatic nitrogens is 3. The van der Waals surface area contributed by atoms with Crippen LogP contribution < -0.4 is 16.2 Å². The molecule has 35 heavy (non-hydrogen) atoms. The zero-order valence-electron chi connectivity index (χ0n) is 21.2. The largest absolute Gasteiger partial charge is 0.348 e. The molecule has 0 saturated heterocycles. The molecule has 1 amide bonds. The first-order valence-electron chi connectivity index (χ1n) is 11.9. The minimum atomic E-state index is -0.208. The molecule has 3 aromatic heterocycles. The Morgan fingerprint density at radius 1 is 1.06 bits per heavy atom. The van der Waals surface area contributed by atoms with Crippen molar-refractivity contribution in [2.45, 2.75) is 53.8 Å². The smallest absolute Gasteiger partial charge is 0.253 e. The van der Waals surface area contributed by atoms with Crippen LogP contribution in [0.3, 0.4) is 0 Å². The predicted molar refractivity (Wildman–Crippen MR) is 141 cm³/mol. The zero-order chi connectivity index (χ0) is 25.3. The fraction of sp³-hybridized carbons (Fsp3) is 0.321. The quantitative estimate of drug-likeness (QED) is 0.369. The van der Waals surface area contributed by atoms with E-state index >= 15 is 0 Å². The van der Waals surface area contributed by atoms with Crippen molar-refractivity contribution in [2.75, 3.05) is 7.05 Å². The second-order valence-electron chi connectivity index (χ2n) is 9.43. The van der Waals surface area contributed by atoms with Gasteiger partial charge >= 0.3 is 0 Å². The third kappa shape index (κ3) is 4.91. The lowest BCUT2D eigenvalue weighted by Crippen LogP contribution is -2.28. The standard InChI is InChI=1S/C28H33N5O2/c1-16(2)33-15-18(4)26-23(27(34)31-14-24-17(3)9-19(5)32-28(24)35)10-21(11-25(26)33)20-7-8-22(13-29-6)30-12-20/h7-12,15-16,29H,13-14H2,1-6H3,(H,31,34)(H,32,35). The Kier molecular flexibility index (Phi) is 6.89. The molecule has 0 aliphatic carbocycles. The number of carbonyl (C=O) groups excluding carboxylic acids is 1. The maximum Gasteiger partial charge on any atom is 0.253 e.